The predicted molar refractivity (Wildman–Crippen MR) is 80.1 cm³/mol. The van der Waals surface area contributed by atoms with E-state index in [1.165, 1.54) is 0 Å². The second-order valence-electron chi connectivity index (χ2n) is 5.70. The highest BCUT2D eigenvalue weighted by atomic mass is 32.2. The monoisotopic (exact) mass is 302 g/mol. The average Bonchev–Trinajstić information content (AvgIpc) is 3.29. The Labute approximate surface area is 123 Å². The molecule has 0 spiro atoms. The molecule has 2 aliphatic rings. The van der Waals surface area contributed by atoms with Crippen LogP contribution in [0.1, 0.15) is 45.4 Å². The molecule has 0 aromatic carbocycles. The molecule has 2 rings (SSSR count). The maximum Gasteiger partial charge on any atom is 0.317 e. The van der Waals surface area contributed by atoms with E-state index in [0.717, 1.165) is 38.5 Å². The SMILES string of the molecule is CCS(=O)C1CCCCC1NC(=O)N(CCO)C1CC1. The minimum atomic E-state index is -0.855. The van der Waals surface area contributed by atoms with Gasteiger partial charge in [-0.3, -0.25) is 4.21 Å². The Morgan fingerprint density at radius 1 is 1.30 bits per heavy atom. The van der Waals surface area contributed by atoms with Crippen LogP contribution in [-0.2, 0) is 10.8 Å². The highest BCUT2D eigenvalue weighted by Crippen LogP contribution is 2.28. The number of amides is 2. The van der Waals surface area contributed by atoms with E-state index in [2.05, 4.69) is 5.32 Å². The van der Waals surface area contributed by atoms with Crippen LogP contribution in [-0.4, -0.2) is 56.5 Å². The smallest absolute Gasteiger partial charge is 0.317 e. The van der Waals surface area contributed by atoms with Gasteiger partial charge in [-0.15, -0.1) is 0 Å². The second kappa shape index (κ2) is 7.41. The zero-order valence-electron chi connectivity index (χ0n) is 12.2. The summed E-state index contributed by atoms with van der Waals surface area (Å²) in [5.74, 6) is 0.653. The summed E-state index contributed by atoms with van der Waals surface area (Å²) in [4.78, 5) is 14.1. The van der Waals surface area contributed by atoms with Gasteiger partial charge in [0.1, 0.15) is 0 Å². The molecule has 0 saturated heterocycles. The molecule has 2 amide bonds. The van der Waals surface area contributed by atoms with Crippen LogP contribution in [0.2, 0.25) is 0 Å². The fourth-order valence-electron chi connectivity index (χ4n) is 2.98. The van der Waals surface area contributed by atoms with Crippen molar-refractivity contribution in [3.8, 4) is 0 Å². The van der Waals surface area contributed by atoms with Gasteiger partial charge in [-0.2, -0.15) is 0 Å². The van der Waals surface area contributed by atoms with E-state index in [1.54, 1.807) is 4.90 Å². The van der Waals surface area contributed by atoms with E-state index in [0.29, 0.717) is 18.3 Å². The molecule has 2 fully saturated rings. The fraction of sp³-hybridized carbons (Fsp3) is 0.929. The first-order valence-electron chi connectivity index (χ1n) is 7.72. The number of nitrogens with one attached hydrogen (secondary N) is 1. The van der Waals surface area contributed by atoms with Crippen LogP contribution in [0.3, 0.4) is 0 Å². The Hall–Kier alpha value is -0.620. The van der Waals surface area contributed by atoms with Gasteiger partial charge in [0.15, 0.2) is 0 Å². The molecule has 6 heteroatoms. The number of aliphatic hydroxyl groups is 1. The van der Waals surface area contributed by atoms with E-state index in [1.807, 2.05) is 6.92 Å². The van der Waals surface area contributed by atoms with Crippen molar-refractivity contribution in [1.82, 2.24) is 10.2 Å². The minimum absolute atomic E-state index is 0.00109. The van der Waals surface area contributed by atoms with Crippen molar-refractivity contribution < 1.29 is 14.1 Å². The van der Waals surface area contributed by atoms with Gasteiger partial charge >= 0.3 is 6.03 Å². The van der Waals surface area contributed by atoms with Crippen molar-refractivity contribution in [3.63, 3.8) is 0 Å². The minimum Gasteiger partial charge on any atom is -0.395 e. The third-order valence-electron chi connectivity index (χ3n) is 4.22. The summed E-state index contributed by atoms with van der Waals surface area (Å²) in [6.07, 6.45) is 6.11. The highest BCUT2D eigenvalue weighted by molar-refractivity contribution is 7.85. The summed E-state index contributed by atoms with van der Waals surface area (Å²) in [5, 5.41) is 12.2. The van der Waals surface area contributed by atoms with Crippen LogP contribution in [0, 0.1) is 0 Å². The molecule has 2 N–H and O–H groups in total. The molecule has 3 unspecified atom stereocenters. The summed E-state index contributed by atoms with van der Waals surface area (Å²) >= 11 is 0. The lowest BCUT2D eigenvalue weighted by Gasteiger charge is -2.33. The van der Waals surface area contributed by atoms with Crippen LogP contribution >= 0.6 is 0 Å². The first-order chi connectivity index (χ1) is 9.67. The molecule has 0 radical (unpaired) electrons. The van der Waals surface area contributed by atoms with Crippen molar-refractivity contribution in [3.05, 3.63) is 0 Å². The van der Waals surface area contributed by atoms with Crippen LogP contribution in [0.25, 0.3) is 0 Å². The Bertz CT molecular complexity index is 360. The van der Waals surface area contributed by atoms with E-state index in [-0.39, 0.29) is 23.9 Å². The second-order valence-corrected chi connectivity index (χ2v) is 7.64. The molecule has 2 saturated carbocycles. The number of hydrogen-bond acceptors (Lipinski definition) is 3. The van der Waals surface area contributed by atoms with Gasteiger partial charge < -0.3 is 15.3 Å². The summed E-state index contributed by atoms with van der Waals surface area (Å²) in [7, 11) is -0.855. The Kier molecular flexibility index (Phi) is 5.84. The van der Waals surface area contributed by atoms with Gasteiger partial charge in [-0.1, -0.05) is 19.8 Å². The molecule has 20 heavy (non-hydrogen) atoms. The zero-order chi connectivity index (χ0) is 14.5. The number of urea groups is 1. The van der Waals surface area contributed by atoms with Crippen molar-refractivity contribution in [2.45, 2.75) is 62.8 Å². The first-order valence-corrected chi connectivity index (χ1v) is 9.10. The van der Waals surface area contributed by atoms with Gasteiger partial charge in [0.2, 0.25) is 0 Å². The lowest BCUT2D eigenvalue weighted by atomic mass is 9.95. The standard InChI is InChI=1S/C14H26N2O3S/c1-2-20(19)13-6-4-3-5-12(13)15-14(18)16(9-10-17)11-7-8-11/h11-13,17H,2-10H2,1H3,(H,15,18). The van der Waals surface area contributed by atoms with E-state index in [9.17, 15) is 9.00 Å². The molecule has 0 aromatic heterocycles. The molecular weight excluding hydrogens is 276 g/mol. The van der Waals surface area contributed by atoms with Gasteiger partial charge in [0.25, 0.3) is 0 Å². The molecule has 5 nitrogen and oxygen atoms in total. The molecule has 0 heterocycles. The lowest BCUT2D eigenvalue weighted by molar-refractivity contribution is 0.168. The van der Waals surface area contributed by atoms with Gasteiger partial charge in [0, 0.05) is 35.2 Å². The fourth-order valence-corrected chi connectivity index (χ4v) is 4.40. The lowest BCUT2D eigenvalue weighted by Crippen LogP contribution is -2.52. The molecule has 3 atom stereocenters. The normalized spacial score (nSPS) is 27.9. The van der Waals surface area contributed by atoms with Crippen LogP contribution < -0.4 is 5.32 Å². The molecule has 116 valence electrons. The summed E-state index contributed by atoms with van der Waals surface area (Å²) in [6, 6.07) is 0.226. The number of hydrogen-bond donors (Lipinski definition) is 2. The Morgan fingerprint density at radius 3 is 2.60 bits per heavy atom. The van der Waals surface area contributed by atoms with Crippen molar-refractivity contribution in [2.75, 3.05) is 18.9 Å². The topological polar surface area (TPSA) is 69.6 Å². The molecule has 0 aromatic rings. The third kappa shape index (κ3) is 3.95. The molecule has 0 aliphatic heterocycles. The van der Waals surface area contributed by atoms with Crippen molar-refractivity contribution in [1.29, 1.82) is 0 Å². The first kappa shape index (κ1) is 15.8. The molecular formula is C14H26N2O3S. The number of aliphatic hydroxyl groups excluding tert-OH is 1. The summed E-state index contributed by atoms with van der Waals surface area (Å²) in [5.41, 5.74) is 0. The van der Waals surface area contributed by atoms with Gasteiger partial charge in [-0.25, -0.2) is 4.79 Å². The van der Waals surface area contributed by atoms with Crippen LogP contribution in [0.5, 0.6) is 0 Å². The quantitative estimate of drug-likeness (QED) is 0.775. The van der Waals surface area contributed by atoms with Crippen molar-refractivity contribution >= 4 is 16.8 Å². The van der Waals surface area contributed by atoms with Crippen LogP contribution in [0.15, 0.2) is 0 Å². The number of carbonyl (C=O) groups is 1. The number of carbonyl (C=O) groups excluding carboxylic acids is 1. The Morgan fingerprint density at radius 2 is 2.00 bits per heavy atom. The van der Waals surface area contributed by atoms with E-state index in [4.69, 9.17) is 5.11 Å². The van der Waals surface area contributed by atoms with Gasteiger partial charge in [-0.05, 0) is 25.7 Å². The number of nitrogens with zero attached hydrogens (tertiary/aromatic N) is 1. The van der Waals surface area contributed by atoms with Crippen LogP contribution in [0.4, 0.5) is 4.79 Å². The molecule has 2 aliphatic carbocycles. The zero-order valence-corrected chi connectivity index (χ0v) is 13.0. The van der Waals surface area contributed by atoms with Gasteiger partial charge in [0.05, 0.1) is 11.9 Å². The molecule has 0 bridgehead atoms. The largest absolute Gasteiger partial charge is 0.395 e. The Balaban J connectivity index is 1.94. The predicted octanol–water partition coefficient (Wildman–Crippen LogP) is 1.23. The maximum atomic E-state index is 12.3. The summed E-state index contributed by atoms with van der Waals surface area (Å²) < 4.78 is 12.1. The maximum absolute atomic E-state index is 12.3. The number of rotatable bonds is 6. The highest BCUT2D eigenvalue weighted by Gasteiger charge is 2.35. The summed E-state index contributed by atoms with van der Waals surface area (Å²) in [6.45, 7) is 2.33. The van der Waals surface area contributed by atoms with Crippen molar-refractivity contribution in [2.24, 2.45) is 0 Å². The van der Waals surface area contributed by atoms with E-state index >= 15 is 0 Å². The third-order valence-corrected chi connectivity index (χ3v) is 6.03. The van der Waals surface area contributed by atoms with E-state index < -0.39 is 10.8 Å². The average molecular weight is 302 g/mol.